The van der Waals surface area contributed by atoms with Crippen molar-refractivity contribution in [3.63, 3.8) is 0 Å². The number of hydrogen-bond acceptors (Lipinski definition) is 4. The molecule has 3 aromatic rings. The summed E-state index contributed by atoms with van der Waals surface area (Å²) in [7, 11) is 0. The Morgan fingerprint density at radius 1 is 0.960 bits per heavy atom. The van der Waals surface area contributed by atoms with Crippen molar-refractivity contribution in [2.75, 3.05) is 0 Å². The summed E-state index contributed by atoms with van der Waals surface area (Å²) in [6.07, 6.45) is 0.125. The van der Waals surface area contributed by atoms with Crippen LogP contribution in [-0.2, 0) is 6.42 Å². The van der Waals surface area contributed by atoms with Gasteiger partial charge < -0.3 is 14.9 Å². The first kappa shape index (κ1) is 15.3. The van der Waals surface area contributed by atoms with Crippen LogP contribution in [0.25, 0.3) is 11.1 Å². The van der Waals surface area contributed by atoms with Gasteiger partial charge in [0, 0.05) is 24.1 Å². The molecule has 0 spiro atoms. The summed E-state index contributed by atoms with van der Waals surface area (Å²) < 4.78 is 5.81. The van der Waals surface area contributed by atoms with Crippen LogP contribution >= 0.6 is 0 Å². The number of hydrogen-bond donors (Lipinski definition) is 2. The number of ether oxygens (including phenoxy) is 1. The van der Waals surface area contributed by atoms with Crippen molar-refractivity contribution >= 4 is 5.78 Å². The monoisotopic (exact) mass is 332 g/mol. The van der Waals surface area contributed by atoms with Crippen LogP contribution < -0.4 is 4.74 Å². The molecule has 0 bridgehead atoms. The van der Waals surface area contributed by atoms with Gasteiger partial charge in [-0.05, 0) is 35.7 Å². The fourth-order valence-electron chi connectivity index (χ4n) is 3.21. The second kappa shape index (κ2) is 5.67. The number of benzene rings is 3. The lowest BCUT2D eigenvalue weighted by Gasteiger charge is -2.11. The summed E-state index contributed by atoms with van der Waals surface area (Å²) in [5.41, 5.74) is 4.10. The third-order valence-corrected chi connectivity index (χ3v) is 4.43. The van der Waals surface area contributed by atoms with Crippen LogP contribution in [0, 0.1) is 6.92 Å². The largest absolute Gasteiger partial charge is 0.508 e. The Morgan fingerprint density at radius 3 is 2.56 bits per heavy atom. The van der Waals surface area contributed by atoms with E-state index >= 15 is 0 Å². The molecule has 0 saturated heterocycles. The van der Waals surface area contributed by atoms with E-state index in [4.69, 9.17) is 4.74 Å². The first-order chi connectivity index (χ1) is 12.0. The molecule has 25 heavy (non-hydrogen) atoms. The van der Waals surface area contributed by atoms with Gasteiger partial charge in [-0.2, -0.15) is 0 Å². The standard InChI is InChI=1S/C21H16O4/c1-12-4-2-3-5-16(12)13-6-7-19-14(8-13)9-17(23)21-18(24)10-15(22)11-20(21)25-19/h2-8,10-11,22,24H,9H2,1H3. The van der Waals surface area contributed by atoms with Crippen molar-refractivity contribution in [2.24, 2.45) is 0 Å². The quantitative estimate of drug-likeness (QED) is 0.683. The Hall–Kier alpha value is -3.27. The molecule has 0 atom stereocenters. The van der Waals surface area contributed by atoms with E-state index in [-0.39, 0.29) is 35.0 Å². The molecule has 0 amide bonds. The average molecular weight is 332 g/mol. The fourth-order valence-corrected chi connectivity index (χ4v) is 3.21. The molecule has 0 saturated carbocycles. The first-order valence-electron chi connectivity index (χ1n) is 7.99. The third kappa shape index (κ3) is 2.62. The van der Waals surface area contributed by atoms with Crippen LogP contribution in [0.15, 0.2) is 54.6 Å². The highest BCUT2D eigenvalue weighted by atomic mass is 16.5. The predicted octanol–water partition coefficient (Wildman–Crippen LogP) is 4.60. The molecular formula is C21H16O4. The van der Waals surface area contributed by atoms with E-state index in [0.29, 0.717) is 5.75 Å². The Balaban J connectivity index is 1.83. The SMILES string of the molecule is Cc1ccccc1-c1ccc2c(c1)CC(=O)c1c(O)cc(O)cc1O2. The van der Waals surface area contributed by atoms with Crippen molar-refractivity contribution in [1.82, 2.24) is 0 Å². The number of Topliss-reactive ketones (excluding diaryl/α,β-unsaturated/α-hetero) is 1. The van der Waals surface area contributed by atoms with Gasteiger partial charge in [-0.1, -0.05) is 30.3 Å². The second-order valence-electron chi connectivity index (χ2n) is 6.18. The van der Waals surface area contributed by atoms with Gasteiger partial charge in [-0.15, -0.1) is 0 Å². The lowest BCUT2D eigenvalue weighted by Crippen LogP contribution is -2.02. The van der Waals surface area contributed by atoms with Crippen LogP contribution in [0.1, 0.15) is 21.5 Å². The molecule has 0 aliphatic carbocycles. The van der Waals surface area contributed by atoms with Crippen molar-refractivity contribution in [3.8, 4) is 34.1 Å². The van der Waals surface area contributed by atoms with E-state index in [1.165, 1.54) is 6.07 Å². The summed E-state index contributed by atoms with van der Waals surface area (Å²) in [5.74, 6) is 0.0588. The number of phenols is 2. The van der Waals surface area contributed by atoms with Crippen LogP contribution in [-0.4, -0.2) is 16.0 Å². The van der Waals surface area contributed by atoms with Gasteiger partial charge in [0.1, 0.15) is 28.6 Å². The summed E-state index contributed by atoms with van der Waals surface area (Å²) in [6, 6.07) is 16.2. The highest BCUT2D eigenvalue weighted by Gasteiger charge is 2.25. The molecule has 4 heteroatoms. The number of ketones is 1. The zero-order chi connectivity index (χ0) is 17.6. The van der Waals surface area contributed by atoms with Gasteiger partial charge in [0.05, 0.1) is 0 Å². The zero-order valence-corrected chi connectivity index (χ0v) is 13.6. The topological polar surface area (TPSA) is 66.8 Å². The van der Waals surface area contributed by atoms with Gasteiger partial charge in [-0.25, -0.2) is 0 Å². The van der Waals surface area contributed by atoms with Crippen molar-refractivity contribution in [1.29, 1.82) is 0 Å². The molecule has 124 valence electrons. The van der Waals surface area contributed by atoms with Gasteiger partial charge in [0.15, 0.2) is 5.78 Å². The maximum Gasteiger partial charge on any atom is 0.174 e. The molecule has 1 heterocycles. The molecule has 0 unspecified atom stereocenters. The maximum absolute atomic E-state index is 12.6. The van der Waals surface area contributed by atoms with E-state index in [1.54, 1.807) is 0 Å². The molecule has 2 N–H and O–H groups in total. The third-order valence-electron chi connectivity index (χ3n) is 4.43. The van der Waals surface area contributed by atoms with E-state index in [9.17, 15) is 15.0 Å². The Kier molecular flexibility index (Phi) is 3.46. The van der Waals surface area contributed by atoms with E-state index in [0.717, 1.165) is 28.3 Å². The Labute approximate surface area is 144 Å². The zero-order valence-electron chi connectivity index (χ0n) is 13.6. The number of aryl methyl sites for hydroxylation is 1. The summed E-state index contributed by atoms with van der Waals surface area (Å²) >= 11 is 0. The number of aromatic hydroxyl groups is 2. The first-order valence-corrected chi connectivity index (χ1v) is 7.99. The van der Waals surface area contributed by atoms with Crippen LogP contribution in [0.4, 0.5) is 0 Å². The molecule has 0 aromatic heterocycles. The Bertz CT molecular complexity index is 1000. The van der Waals surface area contributed by atoms with Gasteiger partial charge >= 0.3 is 0 Å². The number of carbonyl (C=O) groups excluding carboxylic acids is 1. The van der Waals surface area contributed by atoms with Crippen molar-refractivity contribution in [3.05, 3.63) is 71.3 Å². The lowest BCUT2D eigenvalue weighted by molar-refractivity contribution is 0.0991. The molecule has 4 rings (SSSR count). The summed E-state index contributed by atoms with van der Waals surface area (Å²) in [6.45, 7) is 2.04. The second-order valence-corrected chi connectivity index (χ2v) is 6.18. The van der Waals surface area contributed by atoms with E-state index in [1.807, 2.05) is 49.4 Å². The van der Waals surface area contributed by atoms with Gasteiger partial charge in [0.2, 0.25) is 0 Å². The normalized spacial score (nSPS) is 12.8. The number of fused-ring (bicyclic) bond motifs is 2. The van der Waals surface area contributed by atoms with E-state index in [2.05, 4.69) is 0 Å². The summed E-state index contributed by atoms with van der Waals surface area (Å²) in [4.78, 5) is 12.6. The Morgan fingerprint density at radius 2 is 1.76 bits per heavy atom. The molecule has 1 aliphatic rings. The van der Waals surface area contributed by atoms with Crippen LogP contribution in [0.5, 0.6) is 23.0 Å². The predicted molar refractivity (Wildman–Crippen MR) is 94.5 cm³/mol. The number of carbonyl (C=O) groups is 1. The van der Waals surface area contributed by atoms with Crippen LogP contribution in [0.2, 0.25) is 0 Å². The fraction of sp³-hybridized carbons (Fsp3) is 0.0952. The molecule has 3 aromatic carbocycles. The minimum Gasteiger partial charge on any atom is -0.508 e. The van der Waals surface area contributed by atoms with Crippen LogP contribution in [0.3, 0.4) is 0 Å². The molecule has 1 aliphatic heterocycles. The minimum absolute atomic E-state index is 0.103. The van der Waals surface area contributed by atoms with Crippen molar-refractivity contribution < 1.29 is 19.7 Å². The minimum atomic E-state index is -0.271. The van der Waals surface area contributed by atoms with Gasteiger partial charge in [-0.3, -0.25) is 4.79 Å². The molecule has 0 fully saturated rings. The lowest BCUT2D eigenvalue weighted by atomic mass is 9.96. The van der Waals surface area contributed by atoms with E-state index < -0.39 is 0 Å². The molecular weight excluding hydrogens is 316 g/mol. The molecule has 0 radical (unpaired) electrons. The highest BCUT2D eigenvalue weighted by molar-refractivity contribution is 6.03. The maximum atomic E-state index is 12.6. The average Bonchev–Trinajstić information content (AvgIpc) is 2.69. The number of rotatable bonds is 1. The summed E-state index contributed by atoms with van der Waals surface area (Å²) in [5, 5.41) is 19.7. The van der Waals surface area contributed by atoms with Crippen molar-refractivity contribution in [2.45, 2.75) is 13.3 Å². The highest BCUT2D eigenvalue weighted by Crippen LogP contribution is 2.41. The smallest absolute Gasteiger partial charge is 0.174 e. The number of phenolic OH excluding ortho intramolecular Hbond substituents is 2. The molecule has 4 nitrogen and oxygen atoms in total. The van der Waals surface area contributed by atoms with Gasteiger partial charge in [0.25, 0.3) is 0 Å².